The zero-order valence-corrected chi connectivity index (χ0v) is 4.89. The second-order valence-corrected chi connectivity index (χ2v) is 1.60. The molecule has 6 heteroatoms. The quantitative estimate of drug-likeness (QED) is 0.554. The summed E-state index contributed by atoms with van der Waals surface area (Å²) in [5.74, 6) is 0.512. The lowest BCUT2D eigenvalue weighted by atomic mass is 11.0. The van der Waals surface area contributed by atoms with Crippen molar-refractivity contribution in [2.75, 3.05) is 0 Å². The zero-order chi connectivity index (χ0) is 6.81. The van der Waals surface area contributed by atoms with E-state index in [1.165, 1.54) is 17.3 Å². The van der Waals surface area contributed by atoms with Crippen molar-refractivity contribution < 1.29 is 0 Å². The molecule has 0 bridgehead atoms. The molecule has 2 rings (SSSR count). The maximum Gasteiger partial charge on any atom is 0.248 e. The minimum absolute atomic E-state index is 0.512. The van der Waals surface area contributed by atoms with Crippen LogP contribution in [0, 0.1) is 6.33 Å². The maximum atomic E-state index is 3.81. The molecule has 0 amide bonds. The van der Waals surface area contributed by atoms with Gasteiger partial charge in [0.25, 0.3) is 0 Å². The van der Waals surface area contributed by atoms with Gasteiger partial charge in [0.15, 0.2) is 0 Å². The third kappa shape index (κ3) is 0.661. The molecule has 0 spiro atoms. The zero-order valence-electron chi connectivity index (χ0n) is 4.89. The lowest BCUT2D eigenvalue weighted by molar-refractivity contribution is 0.812. The Hall–Kier alpha value is -1.72. The van der Waals surface area contributed by atoms with Crippen LogP contribution < -0.4 is 0 Å². The molecule has 1 radical (unpaired) electrons. The van der Waals surface area contributed by atoms with Gasteiger partial charge in [0.2, 0.25) is 12.3 Å². The summed E-state index contributed by atoms with van der Waals surface area (Å²) < 4.78 is 1.46. The Morgan fingerprint density at radius 2 is 2.60 bits per heavy atom. The van der Waals surface area contributed by atoms with Gasteiger partial charge in [0.1, 0.15) is 12.7 Å². The summed E-state index contributed by atoms with van der Waals surface area (Å²) >= 11 is 0. The van der Waals surface area contributed by atoms with Crippen LogP contribution in [-0.4, -0.2) is 29.9 Å². The van der Waals surface area contributed by atoms with Crippen LogP contribution in [0.5, 0.6) is 0 Å². The highest BCUT2D eigenvalue weighted by molar-refractivity contribution is 5.00. The topological polar surface area (TPSA) is 72.3 Å². The molecule has 0 unspecified atom stereocenters. The van der Waals surface area contributed by atoms with Crippen LogP contribution in [0.4, 0.5) is 0 Å². The predicted molar refractivity (Wildman–Crippen MR) is 30.1 cm³/mol. The summed E-state index contributed by atoms with van der Waals surface area (Å²) in [5, 5.41) is 9.92. The van der Waals surface area contributed by atoms with E-state index in [-0.39, 0.29) is 0 Å². The molecule has 0 aromatic carbocycles. The molecule has 6 nitrogen and oxygen atoms in total. The molecule has 0 aliphatic rings. The van der Waals surface area contributed by atoms with Crippen molar-refractivity contribution in [1.82, 2.24) is 29.9 Å². The molecule has 0 aliphatic carbocycles. The number of H-pyrrole nitrogens is 1. The summed E-state index contributed by atoms with van der Waals surface area (Å²) in [5.41, 5.74) is 0. The van der Waals surface area contributed by atoms with Gasteiger partial charge in [0.05, 0.1) is 0 Å². The van der Waals surface area contributed by atoms with Crippen molar-refractivity contribution in [2.45, 2.75) is 0 Å². The molecule has 1 N–H and O–H groups in total. The predicted octanol–water partition coefficient (Wildman–Crippen LogP) is -0.814. The first kappa shape index (κ1) is 5.10. The molecule has 0 aliphatic heterocycles. The first-order chi connectivity index (χ1) is 4.97. The van der Waals surface area contributed by atoms with Gasteiger partial charge in [-0.1, -0.05) is 0 Å². The van der Waals surface area contributed by atoms with Crippen molar-refractivity contribution in [3.05, 3.63) is 19.0 Å². The van der Waals surface area contributed by atoms with E-state index in [0.717, 1.165) is 0 Å². The fourth-order valence-electron chi connectivity index (χ4n) is 0.592. The van der Waals surface area contributed by atoms with Gasteiger partial charge in [-0.05, 0) is 0 Å². The second kappa shape index (κ2) is 1.90. The fourth-order valence-corrected chi connectivity index (χ4v) is 0.592. The van der Waals surface area contributed by atoms with Gasteiger partial charge in [-0.15, -0.1) is 5.10 Å². The molecular formula is C4H3N6. The normalized spacial score (nSPS) is 10.0. The largest absolute Gasteiger partial charge is 0.248 e. The molecule has 2 aromatic rings. The van der Waals surface area contributed by atoms with E-state index in [4.69, 9.17) is 0 Å². The molecule has 2 aromatic heterocycles. The van der Waals surface area contributed by atoms with Gasteiger partial charge >= 0.3 is 0 Å². The van der Waals surface area contributed by atoms with Crippen LogP contribution in [-0.2, 0) is 0 Å². The van der Waals surface area contributed by atoms with Crippen molar-refractivity contribution >= 4 is 0 Å². The molecule has 2 heterocycles. The van der Waals surface area contributed by atoms with Crippen molar-refractivity contribution in [3.8, 4) is 5.95 Å². The smallest absolute Gasteiger partial charge is 0.243 e. The lowest BCUT2D eigenvalue weighted by Crippen LogP contribution is -1.96. The van der Waals surface area contributed by atoms with Crippen molar-refractivity contribution in [3.63, 3.8) is 0 Å². The van der Waals surface area contributed by atoms with Gasteiger partial charge in [-0.2, -0.15) is 14.8 Å². The number of hydrogen-bond donors (Lipinski definition) is 1. The SMILES string of the molecule is [c]1n[nH]c(-n2cncn2)n1. The van der Waals surface area contributed by atoms with Gasteiger partial charge in [0, 0.05) is 0 Å². The molecule has 49 valence electrons. The van der Waals surface area contributed by atoms with Crippen LogP contribution in [0.25, 0.3) is 5.95 Å². The first-order valence-electron chi connectivity index (χ1n) is 2.60. The third-order valence-corrected chi connectivity index (χ3v) is 0.998. The van der Waals surface area contributed by atoms with Gasteiger partial charge in [-0.3, -0.25) is 0 Å². The van der Waals surface area contributed by atoms with E-state index in [1.54, 1.807) is 0 Å². The Kier molecular flexibility index (Phi) is 0.970. The van der Waals surface area contributed by atoms with Crippen LogP contribution in [0.1, 0.15) is 0 Å². The minimum Gasteiger partial charge on any atom is -0.243 e. The van der Waals surface area contributed by atoms with E-state index in [1.807, 2.05) is 0 Å². The number of nitrogens with zero attached hydrogens (tertiary/aromatic N) is 5. The number of rotatable bonds is 1. The minimum atomic E-state index is 0.512. The summed E-state index contributed by atoms with van der Waals surface area (Å²) in [7, 11) is 0. The highest BCUT2D eigenvalue weighted by atomic mass is 15.4. The van der Waals surface area contributed by atoms with Crippen molar-refractivity contribution in [1.29, 1.82) is 0 Å². The Balaban J connectivity index is 2.48. The summed E-state index contributed by atoms with van der Waals surface area (Å²) in [4.78, 5) is 7.46. The lowest BCUT2D eigenvalue weighted by Gasteiger charge is -1.87. The van der Waals surface area contributed by atoms with Crippen LogP contribution >= 0.6 is 0 Å². The fraction of sp³-hybridized carbons (Fsp3) is 0. The van der Waals surface area contributed by atoms with Gasteiger partial charge in [-0.25, -0.2) is 10.1 Å². The van der Waals surface area contributed by atoms with Crippen LogP contribution in [0.15, 0.2) is 12.7 Å². The Morgan fingerprint density at radius 3 is 3.20 bits per heavy atom. The van der Waals surface area contributed by atoms with E-state index in [2.05, 4.69) is 31.6 Å². The summed E-state index contributed by atoms with van der Waals surface area (Å²) in [6.07, 6.45) is 5.32. The molecule has 0 saturated heterocycles. The third-order valence-electron chi connectivity index (χ3n) is 0.998. The highest BCUT2D eigenvalue weighted by Crippen LogP contribution is 1.89. The molecule has 0 atom stereocenters. The molecule has 0 saturated carbocycles. The number of nitrogens with one attached hydrogen (secondary N) is 1. The number of aromatic nitrogens is 6. The van der Waals surface area contributed by atoms with E-state index in [9.17, 15) is 0 Å². The molecule has 0 fully saturated rings. The molecule has 10 heavy (non-hydrogen) atoms. The van der Waals surface area contributed by atoms with E-state index < -0.39 is 0 Å². The van der Waals surface area contributed by atoms with E-state index >= 15 is 0 Å². The maximum absolute atomic E-state index is 3.81. The first-order valence-corrected chi connectivity index (χ1v) is 2.60. The Bertz CT molecular complexity index is 249. The van der Waals surface area contributed by atoms with Gasteiger partial charge < -0.3 is 0 Å². The van der Waals surface area contributed by atoms with Crippen molar-refractivity contribution in [2.24, 2.45) is 0 Å². The molecular weight excluding hydrogens is 132 g/mol. The monoisotopic (exact) mass is 135 g/mol. The average molecular weight is 135 g/mol. The van der Waals surface area contributed by atoms with Crippen LogP contribution in [0.2, 0.25) is 0 Å². The van der Waals surface area contributed by atoms with Crippen LogP contribution in [0.3, 0.4) is 0 Å². The highest BCUT2D eigenvalue weighted by Gasteiger charge is 1.96. The Labute approximate surface area is 55.9 Å². The number of aromatic amines is 1. The summed E-state index contributed by atoms with van der Waals surface area (Å²) in [6, 6.07) is 0. The average Bonchev–Trinajstić information content (AvgIpc) is 2.59. The Morgan fingerprint density at radius 1 is 1.60 bits per heavy atom. The second-order valence-electron chi connectivity index (χ2n) is 1.60. The standard InChI is InChI=1S/C4H3N6/c1-5-3-10(8-1)4-6-2-7-9-4/h1,3H,(H,6,7,9). The van der Waals surface area contributed by atoms with E-state index in [0.29, 0.717) is 5.95 Å². The number of hydrogen-bond acceptors (Lipinski definition) is 4. The summed E-state index contributed by atoms with van der Waals surface area (Å²) in [6.45, 7) is 0.